The lowest BCUT2D eigenvalue weighted by Gasteiger charge is -2.06. The van der Waals surface area contributed by atoms with Gasteiger partial charge < -0.3 is 11.1 Å². The molecule has 30 heavy (non-hydrogen) atoms. The van der Waals surface area contributed by atoms with E-state index in [9.17, 15) is 14.0 Å². The molecule has 4 aromatic rings. The number of nitrogens with two attached hydrogens (primary N) is 1. The molecule has 2 heterocycles. The standard InChI is InChI=1S/C22H16FN3O2S2/c1-12-17(13-7-3-2-4-8-13)18(19(24)27)22(29-12)26-20(28)16-11-25-21(30-16)14-9-5-6-10-15(14)23/h2-11H,1H3,(H2,24,27)(H,26,28). The van der Waals surface area contributed by atoms with Gasteiger partial charge in [0.25, 0.3) is 11.8 Å². The van der Waals surface area contributed by atoms with Crippen LogP contribution in [0.2, 0.25) is 0 Å². The number of benzene rings is 2. The number of nitrogens with one attached hydrogen (secondary N) is 1. The first-order chi connectivity index (χ1) is 14.5. The van der Waals surface area contributed by atoms with E-state index in [1.54, 1.807) is 18.2 Å². The fourth-order valence-corrected chi connectivity index (χ4v) is 5.04. The van der Waals surface area contributed by atoms with Crippen LogP contribution in [0.4, 0.5) is 9.39 Å². The summed E-state index contributed by atoms with van der Waals surface area (Å²) >= 11 is 2.36. The molecule has 2 aromatic carbocycles. The smallest absolute Gasteiger partial charge is 0.268 e. The molecule has 0 unspecified atom stereocenters. The minimum atomic E-state index is -0.621. The molecule has 0 bridgehead atoms. The number of primary amides is 1. The summed E-state index contributed by atoms with van der Waals surface area (Å²) in [6.07, 6.45) is 1.39. The van der Waals surface area contributed by atoms with Gasteiger partial charge in [-0.1, -0.05) is 42.5 Å². The van der Waals surface area contributed by atoms with Crippen molar-refractivity contribution in [3.63, 3.8) is 0 Å². The van der Waals surface area contributed by atoms with Gasteiger partial charge in [-0.3, -0.25) is 9.59 Å². The zero-order chi connectivity index (χ0) is 21.3. The van der Waals surface area contributed by atoms with Gasteiger partial charge in [0.2, 0.25) is 0 Å². The Balaban J connectivity index is 1.66. The Morgan fingerprint density at radius 3 is 2.43 bits per heavy atom. The van der Waals surface area contributed by atoms with E-state index in [0.717, 1.165) is 21.8 Å². The van der Waals surface area contributed by atoms with Gasteiger partial charge in [0.15, 0.2) is 0 Å². The molecule has 0 radical (unpaired) electrons. The molecule has 0 saturated carbocycles. The molecule has 150 valence electrons. The van der Waals surface area contributed by atoms with E-state index in [1.165, 1.54) is 23.6 Å². The molecule has 0 spiro atoms. The second-order valence-electron chi connectivity index (χ2n) is 6.43. The first kappa shape index (κ1) is 19.9. The normalized spacial score (nSPS) is 10.7. The lowest BCUT2D eigenvalue weighted by atomic mass is 10.0. The summed E-state index contributed by atoms with van der Waals surface area (Å²) in [4.78, 5) is 30.3. The molecule has 0 fully saturated rings. The Kier molecular flexibility index (Phi) is 5.43. The molecule has 0 aliphatic rings. The second kappa shape index (κ2) is 8.17. The first-order valence-corrected chi connectivity index (χ1v) is 10.6. The Morgan fingerprint density at radius 2 is 1.73 bits per heavy atom. The van der Waals surface area contributed by atoms with Crippen molar-refractivity contribution in [2.24, 2.45) is 5.73 Å². The highest BCUT2D eigenvalue weighted by atomic mass is 32.1. The van der Waals surface area contributed by atoms with Crippen LogP contribution in [-0.4, -0.2) is 16.8 Å². The van der Waals surface area contributed by atoms with Gasteiger partial charge in [-0.25, -0.2) is 9.37 Å². The maximum atomic E-state index is 14.0. The SMILES string of the molecule is Cc1sc(NC(=O)c2cnc(-c3ccccc3F)s2)c(C(N)=O)c1-c1ccccc1. The summed E-state index contributed by atoms with van der Waals surface area (Å²) in [5.41, 5.74) is 7.80. The Bertz CT molecular complexity index is 1250. The molecular weight excluding hydrogens is 421 g/mol. The summed E-state index contributed by atoms with van der Waals surface area (Å²) in [6.45, 7) is 1.87. The van der Waals surface area contributed by atoms with E-state index in [-0.39, 0.29) is 5.56 Å². The number of carbonyl (C=O) groups excluding carboxylic acids is 2. The maximum absolute atomic E-state index is 14.0. The van der Waals surface area contributed by atoms with Crippen LogP contribution in [0, 0.1) is 12.7 Å². The van der Waals surface area contributed by atoms with Crippen LogP contribution in [0.1, 0.15) is 24.9 Å². The van der Waals surface area contributed by atoms with Crippen LogP contribution in [0.3, 0.4) is 0 Å². The number of amides is 2. The highest BCUT2D eigenvalue weighted by molar-refractivity contribution is 7.18. The van der Waals surface area contributed by atoms with Gasteiger partial charge >= 0.3 is 0 Å². The molecule has 8 heteroatoms. The quantitative estimate of drug-likeness (QED) is 0.442. The molecule has 4 rings (SSSR count). The fraction of sp³-hybridized carbons (Fsp3) is 0.0455. The van der Waals surface area contributed by atoms with Crippen LogP contribution in [0.15, 0.2) is 60.8 Å². The first-order valence-electron chi connectivity index (χ1n) is 8.96. The predicted octanol–water partition coefficient (Wildman–Crippen LogP) is 5.34. The van der Waals surface area contributed by atoms with Crippen molar-refractivity contribution in [3.8, 4) is 21.7 Å². The number of carbonyl (C=O) groups is 2. The number of halogens is 1. The van der Waals surface area contributed by atoms with Crippen LogP contribution < -0.4 is 11.1 Å². The number of aromatic nitrogens is 1. The largest absolute Gasteiger partial charge is 0.365 e. The van der Waals surface area contributed by atoms with Crippen molar-refractivity contribution in [1.82, 2.24) is 4.98 Å². The molecule has 2 amide bonds. The van der Waals surface area contributed by atoms with Gasteiger partial charge in [0, 0.05) is 16.0 Å². The molecular formula is C22H16FN3O2S2. The maximum Gasteiger partial charge on any atom is 0.268 e. The highest BCUT2D eigenvalue weighted by Crippen LogP contribution is 2.40. The van der Waals surface area contributed by atoms with Crippen molar-refractivity contribution in [2.45, 2.75) is 6.92 Å². The highest BCUT2D eigenvalue weighted by Gasteiger charge is 2.24. The van der Waals surface area contributed by atoms with Crippen LogP contribution in [0.5, 0.6) is 0 Å². The van der Waals surface area contributed by atoms with Gasteiger partial charge in [0.1, 0.15) is 20.7 Å². The van der Waals surface area contributed by atoms with E-state index in [2.05, 4.69) is 10.3 Å². The third-order valence-electron chi connectivity index (χ3n) is 4.45. The molecule has 0 aliphatic carbocycles. The van der Waals surface area contributed by atoms with Gasteiger partial charge in [-0.2, -0.15) is 0 Å². The monoisotopic (exact) mass is 437 g/mol. The number of anilines is 1. The molecule has 2 aromatic heterocycles. The fourth-order valence-electron chi connectivity index (χ4n) is 3.12. The average Bonchev–Trinajstić information content (AvgIpc) is 3.34. The third kappa shape index (κ3) is 3.74. The minimum Gasteiger partial charge on any atom is -0.365 e. The number of hydrogen-bond acceptors (Lipinski definition) is 5. The summed E-state index contributed by atoms with van der Waals surface area (Å²) < 4.78 is 14.0. The summed E-state index contributed by atoms with van der Waals surface area (Å²) in [5, 5.41) is 3.56. The van der Waals surface area contributed by atoms with E-state index >= 15 is 0 Å². The average molecular weight is 438 g/mol. The van der Waals surface area contributed by atoms with E-state index < -0.39 is 17.6 Å². The van der Waals surface area contributed by atoms with E-state index in [4.69, 9.17) is 5.73 Å². The van der Waals surface area contributed by atoms with Crippen molar-refractivity contribution < 1.29 is 14.0 Å². The summed E-state index contributed by atoms with van der Waals surface area (Å²) in [7, 11) is 0. The van der Waals surface area contributed by atoms with E-state index in [1.807, 2.05) is 37.3 Å². The molecule has 3 N–H and O–H groups in total. The summed E-state index contributed by atoms with van der Waals surface area (Å²) in [5.74, 6) is -1.46. The molecule has 5 nitrogen and oxygen atoms in total. The number of thiophene rings is 1. The zero-order valence-electron chi connectivity index (χ0n) is 15.8. The zero-order valence-corrected chi connectivity index (χ0v) is 17.4. The van der Waals surface area contributed by atoms with Gasteiger partial charge in [0.05, 0.1) is 11.8 Å². The van der Waals surface area contributed by atoms with Crippen LogP contribution in [0.25, 0.3) is 21.7 Å². The van der Waals surface area contributed by atoms with Gasteiger partial charge in [-0.15, -0.1) is 22.7 Å². The lowest BCUT2D eigenvalue weighted by Crippen LogP contribution is -2.16. The Hall–Kier alpha value is -3.36. The Morgan fingerprint density at radius 1 is 1.03 bits per heavy atom. The number of hydrogen-bond donors (Lipinski definition) is 2. The van der Waals surface area contributed by atoms with Gasteiger partial charge in [-0.05, 0) is 24.6 Å². The molecule has 0 atom stereocenters. The molecule has 0 saturated heterocycles. The minimum absolute atomic E-state index is 0.274. The van der Waals surface area contributed by atoms with Crippen molar-refractivity contribution >= 4 is 39.5 Å². The number of aryl methyl sites for hydroxylation is 1. The van der Waals surface area contributed by atoms with Crippen molar-refractivity contribution in [3.05, 3.63) is 81.9 Å². The van der Waals surface area contributed by atoms with Crippen LogP contribution >= 0.6 is 22.7 Å². The van der Waals surface area contributed by atoms with E-state index in [0.29, 0.717) is 26.0 Å². The number of thiazole rings is 1. The third-order valence-corrected chi connectivity index (χ3v) is 6.50. The number of rotatable bonds is 5. The Labute approximate surface area is 180 Å². The van der Waals surface area contributed by atoms with Crippen molar-refractivity contribution in [2.75, 3.05) is 5.32 Å². The summed E-state index contributed by atoms with van der Waals surface area (Å²) in [6, 6.07) is 15.6. The number of nitrogens with zero attached hydrogens (tertiary/aromatic N) is 1. The lowest BCUT2D eigenvalue weighted by molar-refractivity contribution is 0.100. The topological polar surface area (TPSA) is 85.1 Å². The second-order valence-corrected chi connectivity index (χ2v) is 8.69. The predicted molar refractivity (Wildman–Crippen MR) is 118 cm³/mol. The van der Waals surface area contributed by atoms with Crippen LogP contribution in [-0.2, 0) is 0 Å². The molecule has 0 aliphatic heterocycles. The van der Waals surface area contributed by atoms with Crippen molar-refractivity contribution in [1.29, 1.82) is 0 Å².